The fraction of sp³-hybridized carbons (Fsp3) is 0.0909. The zero-order valence-corrected chi connectivity index (χ0v) is 19.0. The number of nitrogens with zero attached hydrogens (tertiary/aromatic N) is 1. The van der Waals surface area contributed by atoms with E-state index in [4.69, 9.17) is 0 Å². The number of rotatable bonds is 7. The van der Waals surface area contributed by atoms with Gasteiger partial charge in [-0.05, 0) is 36.1 Å². The van der Waals surface area contributed by atoms with Crippen LogP contribution in [0.2, 0.25) is 0 Å². The highest BCUT2D eigenvalue weighted by atomic mass is 32.2. The molecule has 0 spiro atoms. The van der Waals surface area contributed by atoms with Crippen LogP contribution in [0.5, 0.6) is 0 Å². The van der Waals surface area contributed by atoms with Gasteiger partial charge in [0, 0.05) is 16.6 Å². The summed E-state index contributed by atoms with van der Waals surface area (Å²) in [6.07, 6.45) is 0.164. The average molecular weight is 470 g/mol. The van der Waals surface area contributed by atoms with Gasteiger partial charge in [0.25, 0.3) is 10.0 Å². The molecule has 0 radical (unpaired) electrons. The Hall–Kier alpha value is -3.01. The number of benzene rings is 2. The number of amides is 1. The van der Waals surface area contributed by atoms with Crippen molar-refractivity contribution in [1.82, 2.24) is 4.98 Å². The van der Waals surface area contributed by atoms with Gasteiger partial charge in [0.05, 0.1) is 12.1 Å². The van der Waals surface area contributed by atoms with Gasteiger partial charge in [-0.2, -0.15) is 0 Å². The predicted molar refractivity (Wildman–Crippen MR) is 126 cm³/mol. The van der Waals surface area contributed by atoms with Crippen molar-refractivity contribution >= 4 is 49.4 Å². The summed E-state index contributed by atoms with van der Waals surface area (Å²) >= 11 is 2.53. The highest BCUT2D eigenvalue weighted by molar-refractivity contribution is 7.94. The van der Waals surface area contributed by atoms with Crippen LogP contribution in [-0.2, 0) is 21.2 Å². The first-order valence-electron chi connectivity index (χ1n) is 9.37. The molecule has 0 unspecified atom stereocenters. The minimum absolute atomic E-state index is 0.164. The van der Waals surface area contributed by atoms with E-state index in [0.717, 1.165) is 28.2 Å². The summed E-state index contributed by atoms with van der Waals surface area (Å²) in [5.41, 5.74) is 4.22. The van der Waals surface area contributed by atoms with Crippen LogP contribution in [0.1, 0.15) is 11.1 Å². The molecular formula is C22H19N3O3S3. The number of thiophene rings is 1. The summed E-state index contributed by atoms with van der Waals surface area (Å²) in [5, 5.41) is 6.99. The van der Waals surface area contributed by atoms with E-state index >= 15 is 0 Å². The number of hydrogen-bond acceptors (Lipinski definition) is 6. The molecule has 6 nitrogen and oxygen atoms in total. The molecule has 158 valence electrons. The molecule has 31 heavy (non-hydrogen) atoms. The maximum Gasteiger partial charge on any atom is 0.271 e. The average Bonchev–Trinajstić information content (AvgIpc) is 3.43. The van der Waals surface area contributed by atoms with Gasteiger partial charge in [0.2, 0.25) is 5.91 Å². The van der Waals surface area contributed by atoms with Crippen LogP contribution in [0.15, 0.2) is 75.6 Å². The molecule has 2 aromatic heterocycles. The number of thiazole rings is 1. The summed E-state index contributed by atoms with van der Waals surface area (Å²) in [4.78, 5) is 16.9. The lowest BCUT2D eigenvalue weighted by Crippen LogP contribution is -2.14. The minimum atomic E-state index is -3.59. The second kappa shape index (κ2) is 9.01. The normalized spacial score (nSPS) is 11.3. The van der Waals surface area contributed by atoms with E-state index in [9.17, 15) is 13.2 Å². The van der Waals surface area contributed by atoms with Gasteiger partial charge in [-0.3, -0.25) is 9.52 Å². The molecule has 4 rings (SSSR count). The summed E-state index contributed by atoms with van der Waals surface area (Å²) in [6, 6.07) is 18.0. The zero-order valence-electron chi connectivity index (χ0n) is 16.5. The number of anilines is 2. The van der Waals surface area contributed by atoms with Crippen LogP contribution in [0.3, 0.4) is 0 Å². The van der Waals surface area contributed by atoms with Gasteiger partial charge in [-0.1, -0.05) is 48.0 Å². The third-order valence-corrected chi connectivity index (χ3v) is 7.97. The smallest absolute Gasteiger partial charge is 0.271 e. The van der Waals surface area contributed by atoms with Crippen LogP contribution in [0, 0.1) is 6.92 Å². The number of hydrogen-bond donors (Lipinski definition) is 2. The summed E-state index contributed by atoms with van der Waals surface area (Å²) < 4.78 is 27.3. The fourth-order valence-corrected chi connectivity index (χ4v) is 5.64. The first-order valence-corrected chi connectivity index (χ1v) is 12.6. The van der Waals surface area contributed by atoms with E-state index in [0.29, 0.717) is 10.8 Å². The second-order valence-electron chi connectivity index (χ2n) is 6.86. The van der Waals surface area contributed by atoms with Crippen molar-refractivity contribution in [2.75, 3.05) is 10.0 Å². The second-order valence-corrected chi connectivity index (χ2v) is 10.6. The van der Waals surface area contributed by atoms with E-state index in [1.54, 1.807) is 41.8 Å². The maximum absolute atomic E-state index is 12.4. The molecule has 0 aliphatic carbocycles. The maximum atomic E-state index is 12.4. The monoisotopic (exact) mass is 469 g/mol. The molecule has 0 saturated carbocycles. The Kier molecular flexibility index (Phi) is 6.17. The third-order valence-electron chi connectivity index (χ3n) is 4.43. The Balaban J connectivity index is 1.35. The van der Waals surface area contributed by atoms with Gasteiger partial charge in [-0.25, -0.2) is 13.4 Å². The van der Waals surface area contributed by atoms with Gasteiger partial charge in [-0.15, -0.1) is 22.7 Å². The molecule has 0 fully saturated rings. The van der Waals surface area contributed by atoms with Crippen molar-refractivity contribution in [2.45, 2.75) is 17.6 Å². The minimum Gasteiger partial charge on any atom is -0.302 e. The van der Waals surface area contributed by atoms with Gasteiger partial charge in [0.1, 0.15) is 4.21 Å². The molecule has 2 N–H and O–H groups in total. The predicted octanol–water partition coefficient (Wildman–Crippen LogP) is 5.16. The Morgan fingerprint density at radius 2 is 1.74 bits per heavy atom. The first kappa shape index (κ1) is 21.2. The van der Waals surface area contributed by atoms with Crippen LogP contribution in [0.25, 0.3) is 11.3 Å². The zero-order chi connectivity index (χ0) is 21.8. The largest absolute Gasteiger partial charge is 0.302 e. The van der Waals surface area contributed by atoms with Gasteiger partial charge in [0.15, 0.2) is 5.13 Å². The molecule has 0 aliphatic rings. The molecule has 0 atom stereocenters. The van der Waals surface area contributed by atoms with Crippen LogP contribution in [-0.4, -0.2) is 19.3 Å². The van der Waals surface area contributed by atoms with Crippen LogP contribution in [0.4, 0.5) is 10.8 Å². The number of aryl methyl sites for hydroxylation is 1. The highest BCUT2D eigenvalue weighted by Gasteiger charge is 2.15. The molecule has 0 bridgehead atoms. The molecule has 2 heterocycles. The quantitative estimate of drug-likeness (QED) is 0.391. The molecule has 0 saturated heterocycles. The van der Waals surface area contributed by atoms with Crippen LogP contribution >= 0.6 is 22.7 Å². The van der Waals surface area contributed by atoms with Crippen molar-refractivity contribution in [3.05, 3.63) is 82.6 Å². The lowest BCUT2D eigenvalue weighted by Gasteiger charge is -2.07. The molecule has 1 amide bonds. The molecule has 2 aromatic carbocycles. The highest BCUT2D eigenvalue weighted by Crippen LogP contribution is 2.25. The molecule has 4 aromatic rings. The van der Waals surface area contributed by atoms with Crippen molar-refractivity contribution in [2.24, 2.45) is 0 Å². The summed E-state index contributed by atoms with van der Waals surface area (Å²) in [7, 11) is -3.59. The first-order chi connectivity index (χ1) is 14.9. The topological polar surface area (TPSA) is 88.2 Å². The summed E-state index contributed by atoms with van der Waals surface area (Å²) in [6.45, 7) is 2.03. The van der Waals surface area contributed by atoms with E-state index in [2.05, 4.69) is 15.0 Å². The van der Waals surface area contributed by atoms with E-state index < -0.39 is 10.0 Å². The Morgan fingerprint density at radius 3 is 2.42 bits per heavy atom. The number of nitrogens with one attached hydrogen (secondary N) is 2. The van der Waals surface area contributed by atoms with E-state index in [1.165, 1.54) is 16.9 Å². The Morgan fingerprint density at radius 1 is 1.00 bits per heavy atom. The van der Waals surface area contributed by atoms with Crippen molar-refractivity contribution in [3.8, 4) is 11.3 Å². The van der Waals surface area contributed by atoms with E-state index in [1.807, 2.05) is 36.6 Å². The number of aromatic nitrogens is 1. The third kappa shape index (κ3) is 5.38. The Bertz CT molecular complexity index is 1280. The summed E-state index contributed by atoms with van der Waals surface area (Å²) in [5.74, 6) is -0.184. The fourth-order valence-electron chi connectivity index (χ4n) is 2.85. The Labute approximate surface area is 188 Å². The van der Waals surface area contributed by atoms with E-state index in [-0.39, 0.29) is 16.5 Å². The van der Waals surface area contributed by atoms with Gasteiger partial charge >= 0.3 is 0 Å². The number of sulfonamides is 1. The molecule has 9 heteroatoms. The number of carbonyl (C=O) groups is 1. The lowest BCUT2D eigenvalue weighted by atomic mass is 10.1. The lowest BCUT2D eigenvalue weighted by molar-refractivity contribution is -0.115. The van der Waals surface area contributed by atoms with Crippen molar-refractivity contribution in [3.63, 3.8) is 0 Å². The number of carbonyl (C=O) groups excluding carboxylic acids is 1. The molecule has 0 aliphatic heterocycles. The SMILES string of the molecule is Cc1ccc(-c2csc(NC(=O)Cc3ccc(NS(=O)(=O)c4cccs4)cc3)n2)cc1. The van der Waals surface area contributed by atoms with Gasteiger partial charge < -0.3 is 5.32 Å². The molecular weight excluding hydrogens is 450 g/mol. The standard InChI is InChI=1S/C22H19N3O3S3/c1-15-4-8-17(9-5-15)19-14-30-22(23-19)24-20(26)13-16-6-10-18(11-7-16)25-31(27,28)21-3-2-12-29-21/h2-12,14,25H,13H2,1H3,(H,23,24,26). The van der Waals surface area contributed by atoms with Crippen LogP contribution < -0.4 is 10.0 Å². The van der Waals surface area contributed by atoms with Crippen molar-refractivity contribution < 1.29 is 13.2 Å². The van der Waals surface area contributed by atoms with Crippen molar-refractivity contribution in [1.29, 1.82) is 0 Å².